The van der Waals surface area contributed by atoms with Crippen molar-refractivity contribution in [3.05, 3.63) is 42.0 Å². The van der Waals surface area contributed by atoms with Gasteiger partial charge in [0.15, 0.2) is 0 Å². The van der Waals surface area contributed by atoms with E-state index in [2.05, 4.69) is 10.8 Å². The van der Waals surface area contributed by atoms with Crippen molar-refractivity contribution in [1.29, 1.82) is 0 Å². The van der Waals surface area contributed by atoms with E-state index in [9.17, 15) is 4.57 Å². The molecule has 0 unspecified atom stereocenters. The monoisotopic (exact) mass is 305 g/mol. The van der Waals surface area contributed by atoms with Gasteiger partial charge in [0.2, 0.25) is 0 Å². The Hall–Kier alpha value is -1.22. The van der Waals surface area contributed by atoms with Crippen LogP contribution >= 0.6 is 7.75 Å². The predicted octanol–water partition coefficient (Wildman–Crippen LogP) is 4.49. The second-order valence-electron chi connectivity index (χ2n) is 6.25. The number of hydrogen-bond donors (Lipinski definition) is 0. The van der Waals surface area contributed by atoms with Crippen molar-refractivity contribution >= 4 is 19.0 Å². The summed E-state index contributed by atoms with van der Waals surface area (Å²) >= 11 is 0. The zero-order valence-electron chi connectivity index (χ0n) is 12.4. The Morgan fingerprint density at radius 2 is 1.81 bits per heavy atom. The Labute approximate surface area is 125 Å². The topological polar surface area (TPSA) is 47.9 Å². The molecule has 21 heavy (non-hydrogen) atoms. The van der Waals surface area contributed by atoms with E-state index in [0.29, 0.717) is 13.2 Å². The smallest absolute Gasteiger partial charge is 0.290 e. The van der Waals surface area contributed by atoms with Crippen LogP contribution in [0.25, 0.3) is 5.57 Å². The summed E-state index contributed by atoms with van der Waals surface area (Å²) in [5.41, 5.74) is 2.85. The maximum absolute atomic E-state index is 12.6. The fourth-order valence-electron chi connectivity index (χ4n) is 2.41. The fraction of sp³-hybridized carbons (Fsp3) is 0.438. The van der Waals surface area contributed by atoms with Gasteiger partial charge in [-0.15, -0.1) is 0 Å². The lowest BCUT2D eigenvalue weighted by Gasteiger charge is -2.32. The molecule has 4 nitrogen and oxygen atoms in total. The summed E-state index contributed by atoms with van der Waals surface area (Å²) in [5, 5.41) is 0. The number of hydrogen-bond acceptors (Lipinski definition) is 3. The zero-order chi connectivity index (χ0) is 14.9. The van der Waals surface area contributed by atoms with Gasteiger partial charge >= 0.3 is 7.75 Å². The van der Waals surface area contributed by atoms with Crippen LogP contribution in [0, 0.1) is 5.41 Å². The summed E-state index contributed by atoms with van der Waals surface area (Å²) in [6.07, 6.45) is 3.83. The summed E-state index contributed by atoms with van der Waals surface area (Å²) in [4.78, 5) is 0. The molecule has 0 saturated carbocycles. The van der Waals surface area contributed by atoms with Crippen molar-refractivity contribution in [3.63, 3.8) is 0 Å². The van der Waals surface area contributed by atoms with E-state index < -0.39 is 7.75 Å². The first-order chi connectivity index (χ1) is 9.98. The van der Waals surface area contributed by atoms with E-state index in [1.807, 2.05) is 44.2 Å². The van der Waals surface area contributed by atoms with Gasteiger partial charge in [0.25, 0.3) is 0 Å². The average Bonchev–Trinajstić information content (AvgIpc) is 2.92. The highest BCUT2D eigenvalue weighted by molar-refractivity contribution is 7.52. The fourth-order valence-corrected chi connectivity index (χ4v) is 4.13. The maximum atomic E-state index is 12.6. The lowest BCUT2D eigenvalue weighted by Crippen LogP contribution is -2.29. The third-order valence-corrected chi connectivity index (χ3v) is 5.00. The van der Waals surface area contributed by atoms with Crippen molar-refractivity contribution < 1.29 is 13.6 Å². The van der Waals surface area contributed by atoms with Crippen molar-refractivity contribution in [2.45, 2.75) is 26.7 Å². The third-order valence-electron chi connectivity index (χ3n) is 3.61. The van der Waals surface area contributed by atoms with E-state index in [1.54, 1.807) is 0 Å². The van der Waals surface area contributed by atoms with E-state index in [1.165, 1.54) is 0 Å². The van der Waals surface area contributed by atoms with Crippen molar-refractivity contribution in [2.75, 3.05) is 13.2 Å². The molecule has 0 spiro atoms. The minimum Gasteiger partial charge on any atom is -0.290 e. The standard InChI is InChI=1S/C16H20NO3P/c1-16(2)11-19-21(18,20-12-16)17-15-10-6-9-14(15)13-7-4-3-5-8-13/h3-5,7-9H,6,10-12H2,1-2H3/b17-15+. The lowest BCUT2D eigenvalue weighted by atomic mass is 9.97. The van der Waals surface area contributed by atoms with Crippen LogP contribution in [0.15, 0.2) is 41.2 Å². The molecule has 1 saturated heterocycles. The normalized spacial score (nSPS) is 25.8. The van der Waals surface area contributed by atoms with E-state index in [-0.39, 0.29) is 5.41 Å². The molecule has 1 aromatic carbocycles. The maximum Gasteiger partial charge on any atom is 0.454 e. The minimum atomic E-state index is -3.35. The Morgan fingerprint density at radius 1 is 1.14 bits per heavy atom. The van der Waals surface area contributed by atoms with Crippen LogP contribution in [0.4, 0.5) is 0 Å². The summed E-state index contributed by atoms with van der Waals surface area (Å²) in [7, 11) is -3.35. The first-order valence-corrected chi connectivity index (χ1v) is 8.71. The molecule has 0 bridgehead atoms. The van der Waals surface area contributed by atoms with Gasteiger partial charge in [-0.1, -0.05) is 50.3 Å². The SMILES string of the molecule is CC1(C)COP(=O)(/N=C2\CCC=C2c2ccccc2)OC1. The molecule has 0 N–H and O–H groups in total. The summed E-state index contributed by atoms with van der Waals surface area (Å²) < 4.78 is 27.8. The van der Waals surface area contributed by atoms with Crippen molar-refractivity contribution in [3.8, 4) is 0 Å². The Balaban J connectivity index is 1.84. The summed E-state index contributed by atoms with van der Waals surface area (Å²) in [6, 6.07) is 10.0. The molecule has 3 rings (SSSR count). The van der Waals surface area contributed by atoms with E-state index in [4.69, 9.17) is 9.05 Å². The second-order valence-corrected chi connectivity index (χ2v) is 7.90. The number of rotatable bonds is 2. The van der Waals surface area contributed by atoms with Crippen molar-refractivity contribution in [1.82, 2.24) is 0 Å². The molecule has 5 heteroatoms. The Morgan fingerprint density at radius 3 is 2.48 bits per heavy atom. The molecule has 1 heterocycles. The molecule has 0 atom stereocenters. The molecule has 1 aliphatic carbocycles. The molecular formula is C16H20NO3P. The van der Waals surface area contributed by atoms with Crippen LogP contribution in [0.3, 0.4) is 0 Å². The van der Waals surface area contributed by atoms with Gasteiger partial charge in [0.05, 0.1) is 18.9 Å². The molecule has 0 radical (unpaired) electrons. The minimum absolute atomic E-state index is 0.109. The second kappa shape index (κ2) is 5.53. The summed E-state index contributed by atoms with van der Waals surface area (Å²) in [6.45, 7) is 4.86. The Bertz CT molecular complexity index is 620. The number of benzene rings is 1. The molecule has 1 aromatic rings. The third kappa shape index (κ3) is 3.34. The highest BCUT2D eigenvalue weighted by Crippen LogP contribution is 2.56. The van der Waals surface area contributed by atoms with Gasteiger partial charge in [-0.25, -0.2) is 4.57 Å². The highest BCUT2D eigenvalue weighted by atomic mass is 31.2. The number of allylic oxidation sites excluding steroid dienone is 2. The van der Waals surface area contributed by atoms with Crippen LogP contribution in [0.1, 0.15) is 32.3 Å². The van der Waals surface area contributed by atoms with Gasteiger partial charge in [0, 0.05) is 5.41 Å². The van der Waals surface area contributed by atoms with Crippen LogP contribution in [0.2, 0.25) is 0 Å². The lowest BCUT2D eigenvalue weighted by molar-refractivity contribution is 0.0418. The van der Waals surface area contributed by atoms with E-state index in [0.717, 1.165) is 29.7 Å². The predicted molar refractivity (Wildman–Crippen MR) is 84.4 cm³/mol. The first kappa shape index (κ1) is 14.7. The average molecular weight is 305 g/mol. The van der Waals surface area contributed by atoms with Gasteiger partial charge in [-0.3, -0.25) is 9.05 Å². The first-order valence-electron chi connectivity index (χ1n) is 7.22. The molecule has 2 aliphatic rings. The van der Waals surface area contributed by atoms with Crippen molar-refractivity contribution in [2.24, 2.45) is 10.2 Å². The van der Waals surface area contributed by atoms with E-state index >= 15 is 0 Å². The molecule has 1 fully saturated rings. The zero-order valence-corrected chi connectivity index (χ0v) is 13.3. The number of nitrogens with zero attached hydrogens (tertiary/aromatic N) is 1. The van der Waals surface area contributed by atoms with Crippen LogP contribution in [-0.2, 0) is 13.6 Å². The summed E-state index contributed by atoms with van der Waals surface area (Å²) in [5.74, 6) is 0. The molecular weight excluding hydrogens is 285 g/mol. The molecule has 112 valence electrons. The highest BCUT2D eigenvalue weighted by Gasteiger charge is 2.37. The van der Waals surface area contributed by atoms with Crippen LogP contribution in [-0.4, -0.2) is 18.9 Å². The van der Waals surface area contributed by atoms with Gasteiger partial charge in [-0.2, -0.15) is 4.76 Å². The molecule has 0 amide bonds. The Kier molecular flexibility index (Phi) is 3.87. The molecule has 0 aromatic heterocycles. The van der Waals surface area contributed by atoms with Crippen LogP contribution < -0.4 is 0 Å². The largest absolute Gasteiger partial charge is 0.454 e. The quantitative estimate of drug-likeness (QED) is 0.757. The van der Waals surface area contributed by atoms with Gasteiger partial charge < -0.3 is 0 Å². The van der Waals surface area contributed by atoms with Gasteiger partial charge in [-0.05, 0) is 24.0 Å². The van der Waals surface area contributed by atoms with Crippen LogP contribution in [0.5, 0.6) is 0 Å². The molecule has 1 aliphatic heterocycles. The van der Waals surface area contributed by atoms with Gasteiger partial charge in [0.1, 0.15) is 0 Å².